The zero-order valence-electron chi connectivity index (χ0n) is 9.05. The third kappa shape index (κ3) is 4.58. The Morgan fingerprint density at radius 3 is 2.88 bits per heavy atom. The smallest absolute Gasteiger partial charge is 0.270 e. The Bertz CT molecular complexity index is 474. The number of thioether (sulfide) groups is 1. The minimum atomic E-state index is -0.474. The number of benzene rings is 1. The second kappa shape index (κ2) is 6.42. The van der Waals surface area contributed by atoms with Crippen molar-refractivity contribution in [2.45, 2.75) is 6.92 Å². The Morgan fingerprint density at radius 1 is 1.59 bits per heavy atom. The molecule has 0 saturated heterocycles. The van der Waals surface area contributed by atoms with Crippen LogP contribution < -0.4 is 0 Å². The fourth-order valence-corrected chi connectivity index (χ4v) is 1.72. The number of carbonyl (C=O) groups is 1. The average molecular weight is 272 g/mol. The molecule has 0 N–H and O–H groups in total. The summed E-state index contributed by atoms with van der Waals surface area (Å²) in [5, 5.41) is 11.0. The summed E-state index contributed by atoms with van der Waals surface area (Å²) < 4.78 is 0. The fraction of sp³-hybridized carbons (Fsp3) is 0.182. The third-order valence-corrected chi connectivity index (χ3v) is 2.98. The highest BCUT2D eigenvalue weighted by atomic mass is 35.5. The fourth-order valence-electron chi connectivity index (χ4n) is 1.11. The maximum Gasteiger partial charge on any atom is 0.270 e. The molecule has 1 aromatic carbocycles. The summed E-state index contributed by atoms with van der Waals surface area (Å²) in [7, 11) is 0. The summed E-state index contributed by atoms with van der Waals surface area (Å²) in [6, 6.07) is 4.23. The van der Waals surface area contributed by atoms with E-state index in [0.717, 1.165) is 11.8 Å². The highest BCUT2D eigenvalue weighted by Crippen LogP contribution is 2.23. The summed E-state index contributed by atoms with van der Waals surface area (Å²) in [5.74, 6) is 0.522. The lowest BCUT2D eigenvalue weighted by atomic mass is 10.2. The van der Waals surface area contributed by atoms with E-state index in [2.05, 4.69) is 0 Å². The van der Waals surface area contributed by atoms with Crippen LogP contribution in [0.5, 0.6) is 0 Å². The van der Waals surface area contributed by atoms with Gasteiger partial charge in [0.25, 0.3) is 5.69 Å². The van der Waals surface area contributed by atoms with Gasteiger partial charge in [0.15, 0.2) is 5.12 Å². The van der Waals surface area contributed by atoms with Crippen molar-refractivity contribution >= 4 is 40.2 Å². The molecule has 0 aliphatic carbocycles. The first kappa shape index (κ1) is 13.7. The number of carbonyl (C=O) groups excluding carboxylic acids is 1. The number of rotatable bonds is 4. The highest BCUT2D eigenvalue weighted by molar-refractivity contribution is 8.13. The molecule has 0 atom stereocenters. The Kier molecular flexibility index (Phi) is 5.18. The Labute approximate surface area is 108 Å². The van der Waals surface area contributed by atoms with Crippen molar-refractivity contribution < 1.29 is 9.72 Å². The molecule has 1 rings (SSSR count). The van der Waals surface area contributed by atoms with Crippen molar-refractivity contribution in [3.63, 3.8) is 0 Å². The number of halogens is 1. The first-order chi connectivity index (χ1) is 8.00. The van der Waals surface area contributed by atoms with E-state index in [9.17, 15) is 14.9 Å². The van der Waals surface area contributed by atoms with Crippen LogP contribution in [0.3, 0.4) is 0 Å². The van der Waals surface area contributed by atoms with E-state index >= 15 is 0 Å². The van der Waals surface area contributed by atoms with Gasteiger partial charge < -0.3 is 0 Å². The van der Waals surface area contributed by atoms with Crippen LogP contribution >= 0.6 is 23.4 Å². The molecule has 0 fully saturated rings. The minimum absolute atomic E-state index is 0.00623. The van der Waals surface area contributed by atoms with Crippen LogP contribution in [0, 0.1) is 10.1 Å². The standard InChI is InChI=1S/C11H10ClNO3S/c1-8(14)17-6-2-3-9-7-10(13(15)16)4-5-11(9)12/h2-5,7H,6H2,1H3. The number of nitrogens with zero attached hydrogens (tertiary/aromatic N) is 1. The van der Waals surface area contributed by atoms with Crippen LogP contribution in [0.15, 0.2) is 24.3 Å². The zero-order chi connectivity index (χ0) is 12.8. The van der Waals surface area contributed by atoms with Crippen LogP contribution in [-0.2, 0) is 4.79 Å². The first-order valence-corrected chi connectivity index (χ1v) is 6.11. The van der Waals surface area contributed by atoms with Crippen molar-refractivity contribution in [3.8, 4) is 0 Å². The molecule has 4 nitrogen and oxygen atoms in total. The second-order valence-electron chi connectivity index (χ2n) is 3.17. The molecule has 0 radical (unpaired) electrons. The van der Waals surface area contributed by atoms with Crippen molar-refractivity contribution in [3.05, 3.63) is 45.0 Å². The Hall–Kier alpha value is -1.33. The zero-order valence-corrected chi connectivity index (χ0v) is 10.6. The van der Waals surface area contributed by atoms with Gasteiger partial charge in [0.05, 0.1) is 4.92 Å². The highest BCUT2D eigenvalue weighted by Gasteiger charge is 2.07. The number of nitro benzene ring substituents is 1. The monoisotopic (exact) mass is 271 g/mol. The van der Waals surface area contributed by atoms with E-state index in [-0.39, 0.29) is 10.8 Å². The van der Waals surface area contributed by atoms with Crippen molar-refractivity contribution in [2.75, 3.05) is 5.75 Å². The topological polar surface area (TPSA) is 60.2 Å². The van der Waals surface area contributed by atoms with Crippen molar-refractivity contribution in [1.82, 2.24) is 0 Å². The van der Waals surface area contributed by atoms with Gasteiger partial charge in [-0.2, -0.15) is 0 Å². The molecule has 0 saturated carbocycles. The van der Waals surface area contributed by atoms with Gasteiger partial charge in [-0.1, -0.05) is 35.5 Å². The molecule has 17 heavy (non-hydrogen) atoms. The molecule has 0 heterocycles. The van der Waals surface area contributed by atoms with Crippen LogP contribution in [0.1, 0.15) is 12.5 Å². The Morgan fingerprint density at radius 2 is 2.29 bits per heavy atom. The third-order valence-electron chi connectivity index (χ3n) is 1.87. The molecule has 0 aromatic heterocycles. The van der Waals surface area contributed by atoms with Crippen LogP contribution in [0.25, 0.3) is 6.08 Å². The van der Waals surface area contributed by atoms with E-state index in [1.165, 1.54) is 25.1 Å². The molecular formula is C11H10ClNO3S. The quantitative estimate of drug-likeness (QED) is 0.621. The normalized spacial score (nSPS) is 10.7. The lowest BCUT2D eigenvalue weighted by Gasteiger charge is -1.98. The Balaban J connectivity index is 2.79. The van der Waals surface area contributed by atoms with E-state index in [1.807, 2.05) is 0 Å². The van der Waals surface area contributed by atoms with E-state index in [0.29, 0.717) is 16.3 Å². The lowest BCUT2D eigenvalue weighted by Crippen LogP contribution is -1.88. The van der Waals surface area contributed by atoms with E-state index < -0.39 is 4.92 Å². The number of non-ortho nitro benzene ring substituents is 1. The maximum atomic E-state index is 10.7. The molecule has 0 bridgehead atoms. The molecule has 0 aliphatic heterocycles. The molecule has 0 spiro atoms. The summed E-state index contributed by atoms with van der Waals surface area (Å²) >= 11 is 7.06. The first-order valence-electron chi connectivity index (χ1n) is 4.74. The largest absolute Gasteiger partial charge is 0.288 e. The van der Waals surface area contributed by atoms with Gasteiger partial charge in [0.2, 0.25) is 0 Å². The van der Waals surface area contributed by atoms with E-state index in [1.54, 1.807) is 12.2 Å². The SMILES string of the molecule is CC(=O)SCC=Cc1cc([N+](=O)[O-])ccc1Cl. The minimum Gasteiger partial charge on any atom is -0.288 e. The predicted molar refractivity (Wildman–Crippen MR) is 70.3 cm³/mol. The predicted octanol–water partition coefficient (Wildman–Crippen LogP) is 3.54. The van der Waals surface area contributed by atoms with Gasteiger partial charge in [-0.3, -0.25) is 14.9 Å². The van der Waals surface area contributed by atoms with Gasteiger partial charge in [-0.05, 0) is 11.6 Å². The molecule has 90 valence electrons. The summed E-state index contributed by atoms with van der Waals surface area (Å²) in [4.78, 5) is 20.8. The van der Waals surface area contributed by atoms with Gasteiger partial charge in [-0.15, -0.1) is 0 Å². The summed E-state index contributed by atoms with van der Waals surface area (Å²) in [6.45, 7) is 1.48. The molecule has 0 aliphatic rings. The van der Waals surface area contributed by atoms with Crippen LogP contribution in [-0.4, -0.2) is 15.8 Å². The molecular weight excluding hydrogens is 262 g/mol. The molecule has 1 aromatic rings. The van der Waals surface area contributed by atoms with Crippen LogP contribution in [0.2, 0.25) is 5.02 Å². The lowest BCUT2D eigenvalue weighted by molar-refractivity contribution is -0.384. The number of hydrogen-bond donors (Lipinski definition) is 0. The van der Waals surface area contributed by atoms with Gasteiger partial charge >= 0.3 is 0 Å². The second-order valence-corrected chi connectivity index (χ2v) is 4.77. The summed E-state index contributed by atoms with van der Waals surface area (Å²) in [6.07, 6.45) is 3.42. The number of nitro groups is 1. The van der Waals surface area contributed by atoms with Gasteiger partial charge in [0, 0.05) is 29.8 Å². The molecule has 0 unspecified atom stereocenters. The van der Waals surface area contributed by atoms with Crippen molar-refractivity contribution in [1.29, 1.82) is 0 Å². The van der Waals surface area contributed by atoms with Gasteiger partial charge in [-0.25, -0.2) is 0 Å². The summed E-state index contributed by atoms with van der Waals surface area (Å²) in [5.41, 5.74) is 0.568. The van der Waals surface area contributed by atoms with E-state index in [4.69, 9.17) is 11.6 Å². The number of hydrogen-bond acceptors (Lipinski definition) is 4. The van der Waals surface area contributed by atoms with Crippen molar-refractivity contribution in [2.24, 2.45) is 0 Å². The average Bonchev–Trinajstić information content (AvgIpc) is 2.25. The van der Waals surface area contributed by atoms with Crippen LogP contribution in [0.4, 0.5) is 5.69 Å². The maximum absolute atomic E-state index is 10.7. The molecule has 6 heteroatoms. The molecule has 0 amide bonds. The van der Waals surface area contributed by atoms with Gasteiger partial charge in [0.1, 0.15) is 0 Å².